The van der Waals surface area contributed by atoms with Gasteiger partial charge in [-0.1, -0.05) is 42.0 Å². The molecule has 2 aromatic rings. The summed E-state index contributed by atoms with van der Waals surface area (Å²) in [7, 11) is 0. The average molecular weight is 298 g/mol. The Morgan fingerprint density at radius 3 is 2.48 bits per heavy atom. The van der Waals surface area contributed by atoms with Crippen LogP contribution in [0.3, 0.4) is 0 Å². The van der Waals surface area contributed by atoms with Crippen LogP contribution in [0.5, 0.6) is 0 Å². The number of ether oxygens (including phenoxy) is 1. The van der Waals surface area contributed by atoms with Crippen LogP contribution in [0.25, 0.3) is 0 Å². The lowest BCUT2D eigenvalue weighted by atomic mass is 10.0. The van der Waals surface area contributed by atoms with Gasteiger partial charge in [-0.3, -0.25) is 4.79 Å². The van der Waals surface area contributed by atoms with E-state index in [1.807, 2.05) is 12.1 Å². The summed E-state index contributed by atoms with van der Waals surface area (Å²) >= 11 is 1.73. The number of benzene rings is 2. The Labute approximate surface area is 129 Å². The lowest BCUT2D eigenvalue weighted by Gasteiger charge is -2.19. The molecule has 2 nitrogen and oxygen atoms in total. The largest absolute Gasteiger partial charge is 0.456 e. The molecular weight excluding hydrogens is 280 g/mol. The Balaban J connectivity index is 1.84. The van der Waals surface area contributed by atoms with Gasteiger partial charge in [0.25, 0.3) is 0 Å². The third-order valence-corrected chi connectivity index (χ3v) is 5.03. The second-order valence-electron chi connectivity index (χ2n) is 5.44. The number of esters is 1. The first kappa shape index (κ1) is 14.2. The predicted molar refractivity (Wildman–Crippen MR) is 85.5 cm³/mol. The van der Waals surface area contributed by atoms with Gasteiger partial charge in [-0.2, -0.15) is 0 Å². The van der Waals surface area contributed by atoms with Crippen LogP contribution in [0.1, 0.15) is 29.2 Å². The van der Waals surface area contributed by atoms with Crippen LogP contribution in [0.15, 0.2) is 53.4 Å². The van der Waals surface area contributed by atoms with E-state index in [4.69, 9.17) is 4.74 Å². The zero-order chi connectivity index (χ0) is 14.8. The van der Waals surface area contributed by atoms with Gasteiger partial charge in [0.15, 0.2) is 0 Å². The molecule has 3 rings (SSSR count). The standard InChI is InChI=1S/C18H18O2S/c1-12-7-9-14(10-8-12)21-16-11-17(19)20-18(16)15-6-4-3-5-13(15)2/h3-10,16,18H,11H2,1-2H3/t16-,18-/m0/s1. The van der Waals surface area contributed by atoms with Gasteiger partial charge >= 0.3 is 5.97 Å². The molecule has 0 radical (unpaired) electrons. The van der Waals surface area contributed by atoms with Crippen LogP contribution in [0.4, 0.5) is 0 Å². The number of hydrogen-bond donors (Lipinski definition) is 0. The van der Waals surface area contributed by atoms with Crippen molar-refractivity contribution in [2.24, 2.45) is 0 Å². The van der Waals surface area contributed by atoms with Gasteiger partial charge in [-0.15, -0.1) is 11.8 Å². The van der Waals surface area contributed by atoms with Gasteiger partial charge in [0.05, 0.1) is 11.7 Å². The minimum absolute atomic E-state index is 0.104. The topological polar surface area (TPSA) is 26.3 Å². The highest BCUT2D eigenvalue weighted by Crippen LogP contribution is 2.42. The second kappa shape index (κ2) is 5.94. The molecule has 21 heavy (non-hydrogen) atoms. The summed E-state index contributed by atoms with van der Waals surface area (Å²) in [5.74, 6) is -0.104. The zero-order valence-electron chi connectivity index (χ0n) is 12.2. The number of aryl methyl sites for hydroxylation is 2. The molecule has 0 bridgehead atoms. The predicted octanol–water partition coefficient (Wildman–Crippen LogP) is 4.45. The van der Waals surface area contributed by atoms with E-state index in [1.165, 1.54) is 16.0 Å². The molecule has 0 unspecified atom stereocenters. The van der Waals surface area contributed by atoms with Crippen molar-refractivity contribution in [2.75, 3.05) is 0 Å². The van der Waals surface area contributed by atoms with Gasteiger partial charge in [0, 0.05) is 4.90 Å². The molecule has 0 amide bonds. The molecule has 1 aliphatic rings. The fourth-order valence-corrected chi connectivity index (χ4v) is 3.79. The van der Waals surface area contributed by atoms with Crippen molar-refractivity contribution in [3.05, 3.63) is 65.2 Å². The minimum Gasteiger partial charge on any atom is -0.456 e. The normalized spacial score (nSPS) is 21.3. The fraction of sp³-hybridized carbons (Fsp3) is 0.278. The molecule has 0 saturated carbocycles. The number of thioether (sulfide) groups is 1. The van der Waals surface area contributed by atoms with Crippen LogP contribution in [0.2, 0.25) is 0 Å². The van der Waals surface area contributed by atoms with Crippen molar-refractivity contribution in [3.8, 4) is 0 Å². The molecule has 3 heteroatoms. The van der Waals surface area contributed by atoms with Crippen molar-refractivity contribution < 1.29 is 9.53 Å². The first-order valence-electron chi connectivity index (χ1n) is 7.12. The second-order valence-corrected chi connectivity index (χ2v) is 6.75. The van der Waals surface area contributed by atoms with Gasteiger partial charge < -0.3 is 4.74 Å². The maximum atomic E-state index is 11.8. The molecule has 108 valence electrons. The van der Waals surface area contributed by atoms with Crippen molar-refractivity contribution in [2.45, 2.75) is 36.5 Å². The summed E-state index contributed by atoms with van der Waals surface area (Å²) in [6.45, 7) is 4.14. The van der Waals surface area contributed by atoms with Crippen LogP contribution in [0, 0.1) is 13.8 Å². The van der Waals surface area contributed by atoms with Gasteiger partial charge in [0.1, 0.15) is 6.10 Å². The molecule has 1 saturated heterocycles. The van der Waals surface area contributed by atoms with Gasteiger partial charge in [-0.05, 0) is 37.1 Å². The lowest BCUT2D eigenvalue weighted by Crippen LogP contribution is -2.10. The fourth-order valence-electron chi connectivity index (χ4n) is 2.60. The molecule has 1 heterocycles. The Morgan fingerprint density at radius 1 is 1.05 bits per heavy atom. The first-order chi connectivity index (χ1) is 10.1. The van der Waals surface area contributed by atoms with Crippen LogP contribution < -0.4 is 0 Å². The molecule has 0 aromatic heterocycles. The van der Waals surface area contributed by atoms with E-state index >= 15 is 0 Å². The Kier molecular flexibility index (Phi) is 4.02. The quantitative estimate of drug-likeness (QED) is 0.783. The van der Waals surface area contributed by atoms with E-state index in [9.17, 15) is 4.79 Å². The summed E-state index contributed by atoms with van der Waals surface area (Å²) in [5, 5.41) is 0.140. The van der Waals surface area contributed by atoms with Crippen LogP contribution in [-0.2, 0) is 9.53 Å². The summed E-state index contributed by atoms with van der Waals surface area (Å²) < 4.78 is 5.58. The van der Waals surface area contributed by atoms with E-state index < -0.39 is 0 Å². The molecule has 0 N–H and O–H groups in total. The highest BCUT2D eigenvalue weighted by atomic mass is 32.2. The maximum absolute atomic E-state index is 11.8. The van der Waals surface area contributed by atoms with E-state index in [1.54, 1.807) is 11.8 Å². The molecular formula is C18H18O2S. The minimum atomic E-state index is -0.148. The molecule has 2 atom stereocenters. The van der Waals surface area contributed by atoms with Crippen molar-refractivity contribution in [3.63, 3.8) is 0 Å². The maximum Gasteiger partial charge on any atom is 0.307 e. The highest BCUT2D eigenvalue weighted by molar-refractivity contribution is 8.00. The number of cyclic esters (lactones) is 1. The number of carbonyl (C=O) groups is 1. The van der Waals surface area contributed by atoms with Crippen LogP contribution >= 0.6 is 11.8 Å². The number of carbonyl (C=O) groups excluding carboxylic acids is 1. The van der Waals surface area contributed by atoms with Gasteiger partial charge in [-0.25, -0.2) is 0 Å². The summed E-state index contributed by atoms with van der Waals surface area (Å²) in [4.78, 5) is 12.9. The van der Waals surface area contributed by atoms with Crippen molar-refractivity contribution in [1.82, 2.24) is 0 Å². The Hall–Kier alpha value is -1.74. The third kappa shape index (κ3) is 3.13. The highest BCUT2D eigenvalue weighted by Gasteiger charge is 2.37. The lowest BCUT2D eigenvalue weighted by molar-refractivity contribution is -0.141. The summed E-state index contributed by atoms with van der Waals surface area (Å²) in [6, 6.07) is 16.6. The summed E-state index contributed by atoms with van der Waals surface area (Å²) in [5.41, 5.74) is 3.54. The molecule has 0 spiro atoms. The van der Waals surface area contributed by atoms with Crippen molar-refractivity contribution >= 4 is 17.7 Å². The molecule has 0 aliphatic carbocycles. The number of hydrogen-bond acceptors (Lipinski definition) is 3. The van der Waals surface area contributed by atoms with E-state index in [2.05, 4.69) is 50.2 Å². The monoisotopic (exact) mass is 298 g/mol. The smallest absolute Gasteiger partial charge is 0.307 e. The Bertz CT molecular complexity index is 649. The number of rotatable bonds is 3. The average Bonchev–Trinajstić information content (AvgIpc) is 2.82. The Morgan fingerprint density at radius 2 is 1.76 bits per heavy atom. The molecule has 1 fully saturated rings. The summed E-state index contributed by atoms with van der Waals surface area (Å²) in [6.07, 6.45) is 0.322. The molecule has 1 aliphatic heterocycles. The zero-order valence-corrected chi connectivity index (χ0v) is 13.0. The third-order valence-electron chi connectivity index (χ3n) is 3.77. The van der Waals surface area contributed by atoms with Crippen LogP contribution in [-0.4, -0.2) is 11.2 Å². The first-order valence-corrected chi connectivity index (χ1v) is 8.00. The van der Waals surface area contributed by atoms with Crippen molar-refractivity contribution in [1.29, 1.82) is 0 Å². The van der Waals surface area contributed by atoms with E-state index in [0.717, 1.165) is 5.56 Å². The molecule has 2 aromatic carbocycles. The van der Waals surface area contributed by atoms with E-state index in [0.29, 0.717) is 6.42 Å². The van der Waals surface area contributed by atoms with E-state index in [-0.39, 0.29) is 17.3 Å². The van der Waals surface area contributed by atoms with Gasteiger partial charge in [0.2, 0.25) is 0 Å². The SMILES string of the molecule is Cc1ccc(S[C@H]2CC(=O)O[C@H]2c2ccccc2C)cc1.